The van der Waals surface area contributed by atoms with Gasteiger partial charge in [-0.25, -0.2) is 4.98 Å². The molecule has 0 bridgehead atoms. The van der Waals surface area contributed by atoms with Gasteiger partial charge in [-0.3, -0.25) is 0 Å². The molecule has 0 saturated carbocycles. The lowest BCUT2D eigenvalue weighted by atomic mass is 10.1. The molecule has 0 aliphatic carbocycles. The van der Waals surface area contributed by atoms with Crippen LogP contribution in [0.1, 0.15) is 5.56 Å². The number of halogens is 1. The van der Waals surface area contributed by atoms with Crippen molar-refractivity contribution in [1.82, 2.24) is 4.98 Å². The zero-order valence-electron chi connectivity index (χ0n) is 8.87. The Labute approximate surface area is 108 Å². The van der Waals surface area contributed by atoms with Crippen molar-refractivity contribution in [3.63, 3.8) is 0 Å². The monoisotopic (exact) mass is 319 g/mol. The van der Waals surface area contributed by atoms with Crippen LogP contribution in [-0.2, 0) is 0 Å². The summed E-state index contributed by atoms with van der Waals surface area (Å²) < 4.78 is 1.25. The highest BCUT2D eigenvalue weighted by Crippen LogP contribution is 2.24. The third kappa shape index (κ3) is 1.57. The molecule has 0 unspecified atom stereocenters. The highest BCUT2D eigenvalue weighted by Gasteiger charge is 2.02. The van der Waals surface area contributed by atoms with Gasteiger partial charge in [-0.15, -0.1) is 0 Å². The second-order valence-corrected chi connectivity index (χ2v) is 5.15. The van der Waals surface area contributed by atoms with E-state index in [1.165, 1.54) is 19.9 Å². The van der Waals surface area contributed by atoms with Gasteiger partial charge in [-0.05, 0) is 59.3 Å². The van der Waals surface area contributed by atoms with Crippen LogP contribution in [0.2, 0.25) is 0 Å². The fourth-order valence-electron chi connectivity index (χ4n) is 1.92. The maximum absolute atomic E-state index is 4.69. The molecule has 0 spiro atoms. The van der Waals surface area contributed by atoms with Gasteiger partial charge in [-0.2, -0.15) is 0 Å². The first kappa shape index (κ1) is 10.0. The van der Waals surface area contributed by atoms with Gasteiger partial charge < -0.3 is 0 Å². The number of fused-ring (bicyclic) bond motifs is 2. The third-order valence-corrected chi connectivity index (χ3v) is 3.70. The molecule has 2 aromatic carbocycles. The smallest absolute Gasteiger partial charge is 0.0720 e. The summed E-state index contributed by atoms with van der Waals surface area (Å²) in [6, 6.07) is 14.9. The minimum atomic E-state index is 1.07. The minimum absolute atomic E-state index is 1.07. The lowest BCUT2D eigenvalue weighted by Gasteiger charge is -2.04. The van der Waals surface area contributed by atoms with Gasteiger partial charge in [0.05, 0.1) is 11.0 Å². The summed E-state index contributed by atoms with van der Waals surface area (Å²) in [4.78, 5) is 4.69. The van der Waals surface area contributed by atoms with E-state index in [9.17, 15) is 0 Å². The molecule has 1 nitrogen and oxygen atoms in total. The highest BCUT2D eigenvalue weighted by atomic mass is 127. The Kier molecular flexibility index (Phi) is 2.32. The molecule has 1 heterocycles. The number of benzene rings is 2. The van der Waals surface area contributed by atoms with Gasteiger partial charge in [0.1, 0.15) is 0 Å². The van der Waals surface area contributed by atoms with Crippen LogP contribution >= 0.6 is 22.6 Å². The lowest BCUT2D eigenvalue weighted by Crippen LogP contribution is -1.85. The molecule has 0 amide bonds. The molecular weight excluding hydrogens is 309 g/mol. The van der Waals surface area contributed by atoms with Crippen molar-refractivity contribution in [2.45, 2.75) is 6.92 Å². The van der Waals surface area contributed by atoms with E-state index in [1.807, 2.05) is 0 Å². The molecule has 0 atom stereocenters. The van der Waals surface area contributed by atoms with Gasteiger partial charge in [0, 0.05) is 14.3 Å². The van der Waals surface area contributed by atoms with Crippen LogP contribution in [-0.4, -0.2) is 4.98 Å². The molecule has 2 heteroatoms. The zero-order chi connectivity index (χ0) is 11.1. The lowest BCUT2D eigenvalue weighted by molar-refractivity contribution is 1.44. The standard InChI is InChI=1S/C14H10IN/c1-9-5-6-10-8-11-12(15)3-2-4-13(11)16-14(10)7-9/h2-8H,1H3. The molecule has 0 fully saturated rings. The molecule has 3 rings (SSSR count). The van der Waals surface area contributed by atoms with E-state index in [-0.39, 0.29) is 0 Å². The topological polar surface area (TPSA) is 12.9 Å². The Morgan fingerprint density at radius 1 is 1.00 bits per heavy atom. The van der Waals surface area contributed by atoms with Crippen LogP contribution in [0.4, 0.5) is 0 Å². The maximum Gasteiger partial charge on any atom is 0.0720 e. The Morgan fingerprint density at radius 2 is 1.88 bits per heavy atom. The second kappa shape index (κ2) is 3.70. The van der Waals surface area contributed by atoms with E-state index in [0.29, 0.717) is 0 Å². The summed E-state index contributed by atoms with van der Waals surface area (Å²) in [5.41, 5.74) is 3.41. The van der Waals surface area contributed by atoms with Crippen LogP contribution in [0.3, 0.4) is 0 Å². The van der Waals surface area contributed by atoms with Crippen LogP contribution in [0.15, 0.2) is 42.5 Å². The van der Waals surface area contributed by atoms with Crippen molar-refractivity contribution in [3.05, 3.63) is 51.6 Å². The number of aryl methyl sites for hydroxylation is 1. The first-order valence-corrected chi connectivity index (χ1v) is 6.27. The first-order valence-electron chi connectivity index (χ1n) is 5.20. The number of rotatable bonds is 0. The fourth-order valence-corrected chi connectivity index (χ4v) is 2.56. The summed E-state index contributed by atoms with van der Waals surface area (Å²) in [6.07, 6.45) is 0. The predicted octanol–water partition coefficient (Wildman–Crippen LogP) is 4.30. The van der Waals surface area contributed by atoms with Crippen molar-refractivity contribution in [2.75, 3.05) is 0 Å². The number of nitrogens with zero attached hydrogens (tertiary/aromatic N) is 1. The average Bonchev–Trinajstić information content (AvgIpc) is 2.27. The molecule has 0 saturated heterocycles. The molecule has 0 radical (unpaired) electrons. The van der Waals surface area contributed by atoms with E-state index in [4.69, 9.17) is 4.98 Å². The largest absolute Gasteiger partial charge is 0.248 e. The maximum atomic E-state index is 4.69. The number of hydrogen-bond donors (Lipinski definition) is 0. The molecular formula is C14H10IN. The minimum Gasteiger partial charge on any atom is -0.248 e. The molecule has 1 aromatic heterocycles. The van der Waals surface area contributed by atoms with E-state index in [2.05, 4.69) is 72.0 Å². The van der Waals surface area contributed by atoms with E-state index in [0.717, 1.165) is 11.0 Å². The number of aromatic nitrogens is 1. The number of pyridine rings is 1. The van der Waals surface area contributed by atoms with E-state index < -0.39 is 0 Å². The fraction of sp³-hybridized carbons (Fsp3) is 0.0714. The second-order valence-electron chi connectivity index (χ2n) is 3.99. The van der Waals surface area contributed by atoms with Crippen molar-refractivity contribution in [1.29, 1.82) is 0 Å². The summed E-state index contributed by atoms with van der Waals surface area (Å²) in [6.45, 7) is 2.10. The van der Waals surface area contributed by atoms with Crippen molar-refractivity contribution in [2.24, 2.45) is 0 Å². The van der Waals surface area contributed by atoms with Crippen LogP contribution in [0, 0.1) is 10.5 Å². The van der Waals surface area contributed by atoms with Crippen LogP contribution in [0.5, 0.6) is 0 Å². The molecule has 16 heavy (non-hydrogen) atoms. The predicted molar refractivity (Wildman–Crippen MR) is 76.7 cm³/mol. The summed E-state index contributed by atoms with van der Waals surface area (Å²) >= 11 is 2.36. The molecule has 0 N–H and O–H groups in total. The third-order valence-electron chi connectivity index (χ3n) is 2.76. The molecule has 78 valence electrons. The van der Waals surface area contributed by atoms with E-state index in [1.54, 1.807) is 0 Å². The average molecular weight is 319 g/mol. The van der Waals surface area contributed by atoms with Crippen LogP contribution in [0.25, 0.3) is 21.8 Å². The Balaban J connectivity index is 2.49. The van der Waals surface area contributed by atoms with Gasteiger partial charge >= 0.3 is 0 Å². The highest BCUT2D eigenvalue weighted by molar-refractivity contribution is 14.1. The van der Waals surface area contributed by atoms with Crippen molar-refractivity contribution < 1.29 is 0 Å². The Bertz CT molecular complexity index is 688. The van der Waals surface area contributed by atoms with Crippen molar-refractivity contribution >= 4 is 44.4 Å². The number of hydrogen-bond acceptors (Lipinski definition) is 1. The Morgan fingerprint density at radius 3 is 2.75 bits per heavy atom. The summed E-state index contributed by atoms with van der Waals surface area (Å²) in [5, 5.41) is 2.45. The van der Waals surface area contributed by atoms with Crippen molar-refractivity contribution in [3.8, 4) is 0 Å². The molecule has 0 aliphatic heterocycles. The Hall–Kier alpha value is -1.16. The molecule has 3 aromatic rings. The molecule has 0 aliphatic rings. The van der Waals surface area contributed by atoms with Gasteiger partial charge in [0.15, 0.2) is 0 Å². The van der Waals surface area contributed by atoms with Crippen LogP contribution < -0.4 is 0 Å². The van der Waals surface area contributed by atoms with Gasteiger partial charge in [0.2, 0.25) is 0 Å². The first-order chi connectivity index (χ1) is 7.74. The normalized spacial score (nSPS) is 11.1. The van der Waals surface area contributed by atoms with Gasteiger partial charge in [0.25, 0.3) is 0 Å². The zero-order valence-corrected chi connectivity index (χ0v) is 11.0. The SMILES string of the molecule is Cc1ccc2cc3c(I)cccc3nc2c1. The van der Waals surface area contributed by atoms with Gasteiger partial charge in [-0.1, -0.05) is 18.2 Å². The quantitative estimate of drug-likeness (QED) is 0.445. The summed E-state index contributed by atoms with van der Waals surface area (Å²) in [7, 11) is 0. The summed E-state index contributed by atoms with van der Waals surface area (Å²) in [5.74, 6) is 0. The van der Waals surface area contributed by atoms with E-state index >= 15 is 0 Å².